The smallest absolute Gasteiger partial charge is 0.229 e. The zero-order chi connectivity index (χ0) is 9.84. The van der Waals surface area contributed by atoms with Gasteiger partial charge in [-0.05, 0) is 0 Å². The summed E-state index contributed by atoms with van der Waals surface area (Å²) in [6, 6.07) is 3.43. The number of methoxy groups -OCH3 is 1. The van der Waals surface area contributed by atoms with Crippen LogP contribution in [0.1, 0.15) is 5.69 Å². The first-order valence-corrected chi connectivity index (χ1v) is 3.68. The summed E-state index contributed by atoms with van der Waals surface area (Å²) < 4.78 is 4.92. The molecule has 0 aromatic carbocycles. The molecule has 1 aromatic rings. The van der Waals surface area contributed by atoms with Crippen LogP contribution in [0.15, 0.2) is 6.07 Å². The maximum Gasteiger partial charge on any atom is 0.229 e. The molecule has 0 aliphatic heterocycles. The molecule has 0 atom stereocenters. The fourth-order valence-electron chi connectivity index (χ4n) is 0.775. The molecule has 0 aliphatic rings. The molecular formula is C8H10N4O. The van der Waals surface area contributed by atoms with Gasteiger partial charge in [-0.1, -0.05) is 0 Å². The molecule has 1 heterocycles. The first-order chi connectivity index (χ1) is 6.17. The second-order valence-electron chi connectivity index (χ2n) is 2.60. The highest BCUT2D eigenvalue weighted by molar-refractivity contribution is 5.36. The maximum atomic E-state index is 8.65. The van der Waals surface area contributed by atoms with Crippen LogP contribution in [-0.2, 0) is 0 Å². The third kappa shape index (κ3) is 2.06. The monoisotopic (exact) mass is 178 g/mol. The van der Waals surface area contributed by atoms with Crippen molar-refractivity contribution in [3.63, 3.8) is 0 Å². The average molecular weight is 178 g/mol. The van der Waals surface area contributed by atoms with Crippen LogP contribution >= 0.6 is 0 Å². The Hall–Kier alpha value is -1.83. The number of nitrogens with zero attached hydrogens (tertiary/aromatic N) is 4. The summed E-state index contributed by atoms with van der Waals surface area (Å²) in [4.78, 5) is 9.73. The van der Waals surface area contributed by atoms with E-state index in [-0.39, 0.29) is 0 Å². The van der Waals surface area contributed by atoms with Crippen LogP contribution < -0.4 is 9.64 Å². The van der Waals surface area contributed by atoms with Gasteiger partial charge in [-0.2, -0.15) is 10.2 Å². The molecule has 0 saturated heterocycles. The van der Waals surface area contributed by atoms with Gasteiger partial charge < -0.3 is 9.64 Å². The lowest BCUT2D eigenvalue weighted by Crippen LogP contribution is -2.13. The van der Waals surface area contributed by atoms with Gasteiger partial charge in [0.1, 0.15) is 11.8 Å². The second kappa shape index (κ2) is 3.72. The Kier molecular flexibility index (Phi) is 2.65. The molecule has 0 spiro atoms. The molecule has 0 aliphatic carbocycles. The topological polar surface area (TPSA) is 62.0 Å². The van der Waals surface area contributed by atoms with Crippen LogP contribution in [0.2, 0.25) is 0 Å². The molecule has 1 rings (SSSR count). The van der Waals surface area contributed by atoms with E-state index in [1.165, 1.54) is 13.2 Å². The van der Waals surface area contributed by atoms with E-state index >= 15 is 0 Å². The number of rotatable bonds is 2. The number of aromatic nitrogens is 2. The number of anilines is 1. The molecule has 68 valence electrons. The van der Waals surface area contributed by atoms with E-state index in [1.807, 2.05) is 6.07 Å². The van der Waals surface area contributed by atoms with Crippen molar-refractivity contribution in [1.82, 2.24) is 9.97 Å². The first kappa shape index (κ1) is 9.26. The predicted octanol–water partition coefficient (Wildman–Crippen LogP) is 0.423. The molecule has 0 fully saturated rings. The fraction of sp³-hybridized carbons (Fsp3) is 0.375. The largest absolute Gasteiger partial charge is 0.481 e. The molecule has 5 heteroatoms. The van der Waals surface area contributed by atoms with E-state index in [1.54, 1.807) is 19.0 Å². The number of nitriles is 1. The summed E-state index contributed by atoms with van der Waals surface area (Å²) in [5, 5.41) is 8.65. The normalized spacial score (nSPS) is 9.08. The lowest BCUT2D eigenvalue weighted by atomic mass is 10.4. The molecule has 1 aromatic heterocycles. The molecule has 0 radical (unpaired) electrons. The van der Waals surface area contributed by atoms with Crippen LogP contribution in [0.4, 0.5) is 5.95 Å². The second-order valence-corrected chi connectivity index (χ2v) is 2.60. The van der Waals surface area contributed by atoms with Crippen molar-refractivity contribution in [3.8, 4) is 11.9 Å². The van der Waals surface area contributed by atoms with E-state index < -0.39 is 0 Å². The number of hydrogen-bond acceptors (Lipinski definition) is 5. The molecular weight excluding hydrogens is 168 g/mol. The van der Waals surface area contributed by atoms with E-state index in [9.17, 15) is 0 Å². The lowest BCUT2D eigenvalue weighted by molar-refractivity contribution is 0.397. The van der Waals surface area contributed by atoms with Gasteiger partial charge in [0, 0.05) is 20.2 Å². The highest BCUT2D eigenvalue weighted by Gasteiger charge is 2.05. The SMILES string of the molecule is COc1cc(C#N)nc(N(C)C)n1. The molecule has 5 nitrogen and oxygen atoms in total. The Balaban J connectivity index is 3.17. The summed E-state index contributed by atoms with van der Waals surface area (Å²) >= 11 is 0. The first-order valence-electron chi connectivity index (χ1n) is 3.68. The zero-order valence-corrected chi connectivity index (χ0v) is 7.77. The van der Waals surface area contributed by atoms with Crippen molar-refractivity contribution >= 4 is 5.95 Å². The predicted molar refractivity (Wildman–Crippen MR) is 47.6 cm³/mol. The van der Waals surface area contributed by atoms with Gasteiger partial charge in [-0.3, -0.25) is 0 Å². The Morgan fingerprint density at radius 2 is 2.15 bits per heavy atom. The molecule has 0 N–H and O–H groups in total. The molecule has 13 heavy (non-hydrogen) atoms. The minimum absolute atomic E-state index is 0.301. The minimum atomic E-state index is 0.301. The van der Waals surface area contributed by atoms with Crippen LogP contribution in [0.3, 0.4) is 0 Å². The lowest BCUT2D eigenvalue weighted by Gasteiger charge is -2.10. The van der Waals surface area contributed by atoms with Gasteiger partial charge in [0.2, 0.25) is 11.8 Å². The third-order valence-electron chi connectivity index (χ3n) is 1.41. The number of hydrogen-bond donors (Lipinski definition) is 0. The van der Waals surface area contributed by atoms with Gasteiger partial charge in [0.15, 0.2) is 0 Å². The van der Waals surface area contributed by atoms with E-state index in [0.29, 0.717) is 17.5 Å². The van der Waals surface area contributed by atoms with Gasteiger partial charge in [0.25, 0.3) is 0 Å². The molecule has 0 bridgehead atoms. The number of ether oxygens (including phenoxy) is 1. The maximum absolute atomic E-state index is 8.65. The van der Waals surface area contributed by atoms with Gasteiger partial charge in [0.05, 0.1) is 7.11 Å². The van der Waals surface area contributed by atoms with Gasteiger partial charge in [-0.25, -0.2) is 4.98 Å². The quantitative estimate of drug-likeness (QED) is 0.656. The van der Waals surface area contributed by atoms with Crippen molar-refractivity contribution < 1.29 is 4.74 Å². The van der Waals surface area contributed by atoms with Crippen molar-refractivity contribution in [2.75, 3.05) is 26.1 Å². The Labute approximate surface area is 76.6 Å². The van der Waals surface area contributed by atoms with Crippen molar-refractivity contribution in [1.29, 1.82) is 5.26 Å². The summed E-state index contributed by atoms with van der Waals surface area (Å²) in [6.07, 6.45) is 0. The zero-order valence-electron chi connectivity index (χ0n) is 7.77. The molecule has 0 amide bonds. The van der Waals surface area contributed by atoms with E-state index in [2.05, 4.69) is 9.97 Å². The Morgan fingerprint density at radius 3 is 2.62 bits per heavy atom. The third-order valence-corrected chi connectivity index (χ3v) is 1.41. The minimum Gasteiger partial charge on any atom is -0.481 e. The van der Waals surface area contributed by atoms with Gasteiger partial charge in [-0.15, -0.1) is 0 Å². The van der Waals surface area contributed by atoms with Crippen molar-refractivity contribution in [3.05, 3.63) is 11.8 Å². The highest BCUT2D eigenvalue weighted by Crippen LogP contribution is 2.12. The highest BCUT2D eigenvalue weighted by atomic mass is 16.5. The van der Waals surface area contributed by atoms with Crippen molar-refractivity contribution in [2.24, 2.45) is 0 Å². The standard InChI is InChI=1S/C8H10N4O/c1-12(2)8-10-6(5-9)4-7(11-8)13-3/h4H,1-3H3. The van der Waals surface area contributed by atoms with Crippen LogP contribution in [-0.4, -0.2) is 31.2 Å². The van der Waals surface area contributed by atoms with Crippen LogP contribution in [0, 0.1) is 11.3 Å². The van der Waals surface area contributed by atoms with E-state index in [0.717, 1.165) is 0 Å². The van der Waals surface area contributed by atoms with Crippen molar-refractivity contribution in [2.45, 2.75) is 0 Å². The summed E-state index contributed by atoms with van der Waals surface area (Å²) in [7, 11) is 5.11. The summed E-state index contributed by atoms with van der Waals surface area (Å²) in [5.41, 5.74) is 0.301. The fourth-order valence-corrected chi connectivity index (χ4v) is 0.775. The average Bonchev–Trinajstić information content (AvgIpc) is 2.16. The van der Waals surface area contributed by atoms with E-state index in [4.69, 9.17) is 10.00 Å². The Bertz CT molecular complexity index is 342. The van der Waals surface area contributed by atoms with Crippen LogP contribution in [0.25, 0.3) is 0 Å². The summed E-state index contributed by atoms with van der Waals surface area (Å²) in [6.45, 7) is 0. The van der Waals surface area contributed by atoms with Crippen LogP contribution in [0.5, 0.6) is 5.88 Å². The Morgan fingerprint density at radius 1 is 1.46 bits per heavy atom. The summed E-state index contributed by atoms with van der Waals surface area (Å²) in [5.74, 6) is 0.867. The molecule has 0 saturated carbocycles. The van der Waals surface area contributed by atoms with Gasteiger partial charge >= 0.3 is 0 Å². The molecule has 0 unspecified atom stereocenters.